The lowest BCUT2D eigenvalue weighted by Gasteiger charge is -2.11. The minimum absolute atomic E-state index is 0.116. The number of aromatic amines is 1. The zero-order chi connectivity index (χ0) is 24.4. The van der Waals surface area contributed by atoms with Crippen LogP contribution in [0.15, 0.2) is 66.0 Å². The number of nitrogens with zero attached hydrogens (tertiary/aromatic N) is 8. The summed E-state index contributed by atoms with van der Waals surface area (Å²) in [5, 5.41) is 14.4. The molecule has 1 aromatic carbocycles. The normalized spacial score (nSPS) is 11.4. The van der Waals surface area contributed by atoms with Gasteiger partial charge in [-0.1, -0.05) is 43.7 Å². The highest BCUT2D eigenvalue weighted by Crippen LogP contribution is 2.29. The molecule has 0 aliphatic carbocycles. The summed E-state index contributed by atoms with van der Waals surface area (Å²) in [7, 11) is 0. The summed E-state index contributed by atoms with van der Waals surface area (Å²) in [5.41, 5.74) is 4.42. The Morgan fingerprint density at radius 2 is 1.89 bits per heavy atom. The summed E-state index contributed by atoms with van der Waals surface area (Å²) in [5.74, 6) is 1.16. The van der Waals surface area contributed by atoms with Crippen LogP contribution in [0.25, 0.3) is 28.5 Å². The van der Waals surface area contributed by atoms with Gasteiger partial charge in [-0.3, -0.25) is 9.55 Å². The SMILES string of the molecule is CCCc1cn(-c2nccn2C(C)C)c(=O)n1Cc1ccc(-c2ccccc2-c2nn[nH]n2)cn1. The summed E-state index contributed by atoms with van der Waals surface area (Å²) < 4.78 is 5.42. The van der Waals surface area contributed by atoms with Crippen molar-refractivity contribution < 1.29 is 0 Å². The van der Waals surface area contributed by atoms with Crippen molar-refractivity contribution in [3.05, 3.63) is 83.1 Å². The van der Waals surface area contributed by atoms with E-state index in [4.69, 9.17) is 0 Å². The first-order chi connectivity index (χ1) is 17.1. The molecule has 0 aliphatic heterocycles. The van der Waals surface area contributed by atoms with E-state index in [1.54, 1.807) is 15.3 Å². The van der Waals surface area contributed by atoms with Gasteiger partial charge >= 0.3 is 5.69 Å². The highest BCUT2D eigenvalue weighted by molar-refractivity contribution is 5.79. The molecule has 0 bridgehead atoms. The minimum atomic E-state index is -0.116. The van der Waals surface area contributed by atoms with Crippen LogP contribution in [0.4, 0.5) is 0 Å². The van der Waals surface area contributed by atoms with Gasteiger partial charge in [0.05, 0.1) is 12.2 Å². The molecule has 0 radical (unpaired) electrons. The maximum absolute atomic E-state index is 13.4. The summed E-state index contributed by atoms with van der Waals surface area (Å²) in [6, 6.07) is 12.0. The monoisotopic (exact) mass is 469 g/mol. The zero-order valence-corrected chi connectivity index (χ0v) is 20.0. The number of benzene rings is 1. The zero-order valence-electron chi connectivity index (χ0n) is 20.0. The van der Waals surface area contributed by atoms with Gasteiger partial charge in [-0.05, 0) is 37.1 Å². The Balaban J connectivity index is 1.47. The predicted molar refractivity (Wildman–Crippen MR) is 132 cm³/mol. The molecule has 0 saturated heterocycles. The molecule has 5 rings (SSSR count). The minimum Gasteiger partial charge on any atom is -0.314 e. The Labute approximate surface area is 202 Å². The second-order valence-corrected chi connectivity index (χ2v) is 8.66. The number of imidazole rings is 2. The van der Waals surface area contributed by atoms with E-state index in [1.807, 2.05) is 59.6 Å². The van der Waals surface area contributed by atoms with E-state index in [2.05, 4.69) is 51.4 Å². The molecule has 10 nitrogen and oxygen atoms in total. The van der Waals surface area contributed by atoms with Crippen LogP contribution in [-0.4, -0.2) is 44.3 Å². The molecule has 0 amide bonds. The number of nitrogens with one attached hydrogen (secondary N) is 1. The van der Waals surface area contributed by atoms with E-state index in [1.165, 1.54) is 0 Å². The van der Waals surface area contributed by atoms with E-state index < -0.39 is 0 Å². The summed E-state index contributed by atoms with van der Waals surface area (Å²) in [6.45, 7) is 6.64. The Morgan fingerprint density at radius 1 is 1.06 bits per heavy atom. The molecule has 0 atom stereocenters. The molecule has 4 aromatic heterocycles. The fourth-order valence-electron chi connectivity index (χ4n) is 4.23. The third kappa shape index (κ3) is 4.30. The predicted octanol–water partition coefficient (Wildman–Crippen LogP) is 3.66. The van der Waals surface area contributed by atoms with Crippen LogP contribution in [0, 0.1) is 0 Å². The largest absolute Gasteiger partial charge is 0.335 e. The molecule has 0 fully saturated rings. The molecule has 1 N–H and O–H groups in total. The molecule has 0 unspecified atom stereocenters. The van der Waals surface area contributed by atoms with Gasteiger partial charge in [0.25, 0.3) is 0 Å². The fourth-order valence-corrected chi connectivity index (χ4v) is 4.23. The maximum Gasteiger partial charge on any atom is 0.335 e. The van der Waals surface area contributed by atoms with Crippen LogP contribution in [-0.2, 0) is 13.0 Å². The average Bonchev–Trinajstić information content (AvgIpc) is 3.62. The molecule has 0 spiro atoms. The van der Waals surface area contributed by atoms with Crippen LogP contribution >= 0.6 is 0 Å². The first-order valence-electron chi connectivity index (χ1n) is 11.7. The number of H-pyrrole nitrogens is 1. The molecule has 178 valence electrons. The van der Waals surface area contributed by atoms with E-state index in [9.17, 15) is 4.79 Å². The summed E-state index contributed by atoms with van der Waals surface area (Å²) >= 11 is 0. The lowest BCUT2D eigenvalue weighted by molar-refractivity contribution is 0.576. The van der Waals surface area contributed by atoms with Gasteiger partial charge in [0, 0.05) is 47.7 Å². The number of hydrogen-bond donors (Lipinski definition) is 1. The van der Waals surface area contributed by atoms with Crippen LogP contribution in [0.2, 0.25) is 0 Å². The van der Waals surface area contributed by atoms with Crippen molar-refractivity contribution in [3.63, 3.8) is 0 Å². The smallest absolute Gasteiger partial charge is 0.314 e. The number of hydrogen-bond acceptors (Lipinski definition) is 6. The first-order valence-corrected chi connectivity index (χ1v) is 11.7. The Kier molecular flexibility index (Phi) is 6.09. The fraction of sp³-hybridized carbons (Fsp3) is 0.280. The van der Waals surface area contributed by atoms with E-state index in [0.29, 0.717) is 18.3 Å². The second-order valence-electron chi connectivity index (χ2n) is 8.66. The van der Waals surface area contributed by atoms with Crippen LogP contribution in [0.5, 0.6) is 0 Å². The molecule has 10 heteroatoms. The average molecular weight is 470 g/mol. The van der Waals surface area contributed by atoms with Crippen LogP contribution in [0.1, 0.15) is 44.6 Å². The maximum atomic E-state index is 13.4. The van der Waals surface area contributed by atoms with E-state index >= 15 is 0 Å². The molecule has 5 aromatic rings. The summed E-state index contributed by atoms with van der Waals surface area (Å²) in [4.78, 5) is 22.6. The van der Waals surface area contributed by atoms with Gasteiger partial charge in [-0.25, -0.2) is 14.3 Å². The Bertz CT molecular complexity index is 1470. The van der Waals surface area contributed by atoms with Crippen molar-refractivity contribution in [1.29, 1.82) is 0 Å². The van der Waals surface area contributed by atoms with Crippen molar-refractivity contribution in [2.75, 3.05) is 0 Å². The molecule has 0 aliphatic rings. The number of aryl methyl sites for hydroxylation is 1. The van der Waals surface area contributed by atoms with E-state index in [-0.39, 0.29) is 11.7 Å². The number of tetrazole rings is 1. The molecular formula is C25H27N9O. The highest BCUT2D eigenvalue weighted by atomic mass is 16.1. The van der Waals surface area contributed by atoms with Gasteiger partial charge in [-0.15, -0.1) is 10.2 Å². The Morgan fingerprint density at radius 3 is 2.57 bits per heavy atom. The van der Waals surface area contributed by atoms with Gasteiger partial charge in [0.2, 0.25) is 11.8 Å². The molecule has 35 heavy (non-hydrogen) atoms. The molecule has 4 heterocycles. The lowest BCUT2D eigenvalue weighted by Crippen LogP contribution is -2.27. The third-order valence-corrected chi connectivity index (χ3v) is 5.96. The van der Waals surface area contributed by atoms with Crippen molar-refractivity contribution in [2.45, 2.75) is 46.2 Å². The highest BCUT2D eigenvalue weighted by Gasteiger charge is 2.17. The number of pyridine rings is 1. The third-order valence-electron chi connectivity index (χ3n) is 5.96. The van der Waals surface area contributed by atoms with Gasteiger partial charge in [0.1, 0.15) is 0 Å². The molecular weight excluding hydrogens is 442 g/mol. The second kappa shape index (κ2) is 9.49. The summed E-state index contributed by atoms with van der Waals surface area (Å²) in [6.07, 6.45) is 9.08. The van der Waals surface area contributed by atoms with Crippen molar-refractivity contribution in [2.24, 2.45) is 0 Å². The first kappa shape index (κ1) is 22.5. The van der Waals surface area contributed by atoms with Crippen molar-refractivity contribution in [3.8, 4) is 28.5 Å². The van der Waals surface area contributed by atoms with E-state index in [0.717, 1.165) is 40.9 Å². The van der Waals surface area contributed by atoms with Crippen molar-refractivity contribution in [1.82, 2.24) is 44.3 Å². The van der Waals surface area contributed by atoms with Crippen LogP contribution in [0.3, 0.4) is 0 Å². The number of aromatic nitrogens is 9. The Hall–Kier alpha value is -4.34. The standard InChI is InChI=1S/C25H27N9O/c1-4-7-20-16-34(24-26-12-13-32(24)17(2)3)25(35)33(20)15-19-11-10-18(14-27-19)21-8-5-6-9-22(21)23-28-30-31-29-23/h5-6,8-14,16-17H,4,7,15H2,1-3H3,(H,28,29,30,31). The van der Waals surface area contributed by atoms with Gasteiger partial charge in [0.15, 0.2) is 0 Å². The quantitative estimate of drug-likeness (QED) is 0.371. The van der Waals surface area contributed by atoms with Gasteiger partial charge in [-0.2, -0.15) is 5.21 Å². The topological polar surface area (TPSA) is 112 Å². The number of rotatable bonds is 8. The molecule has 0 saturated carbocycles. The van der Waals surface area contributed by atoms with Crippen LogP contribution < -0.4 is 5.69 Å². The van der Waals surface area contributed by atoms with Crippen molar-refractivity contribution >= 4 is 0 Å². The van der Waals surface area contributed by atoms with Gasteiger partial charge < -0.3 is 4.57 Å². The lowest BCUT2D eigenvalue weighted by atomic mass is 10.0.